The van der Waals surface area contributed by atoms with Crippen molar-refractivity contribution in [2.75, 3.05) is 66.8 Å². The van der Waals surface area contributed by atoms with Crippen molar-refractivity contribution in [3.63, 3.8) is 0 Å². The molecule has 0 spiro atoms. The number of hydrogen-bond donors (Lipinski definition) is 3. The Kier molecular flexibility index (Phi) is 8.75. The number of thiazole rings is 1. The summed E-state index contributed by atoms with van der Waals surface area (Å²) in [5.74, 6) is -1.10. The summed E-state index contributed by atoms with van der Waals surface area (Å²) in [6, 6.07) is 8.83. The first kappa shape index (κ1) is 31.8. The third kappa shape index (κ3) is 6.71. The molecule has 0 bridgehead atoms. The average Bonchev–Trinajstić information content (AvgIpc) is 3.53. The average molecular weight is 663 g/mol. The predicted molar refractivity (Wildman–Crippen MR) is 176 cm³/mol. The van der Waals surface area contributed by atoms with Crippen molar-refractivity contribution < 1.29 is 28.2 Å². The molecule has 15 heteroatoms. The van der Waals surface area contributed by atoms with Crippen LogP contribution in [0.15, 0.2) is 61.4 Å². The molecule has 3 N–H and O–H groups in total. The minimum absolute atomic E-state index is 0.0998. The molecule has 6 rings (SSSR count). The number of benzene rings is 1. The fourth-order valence-electron chi connectivity index (χ4n) is 5.47. The molecule has 0 atom stereocenters. The number of nitrogens with zero attached hydrogens (tertiary/aromatic N) is 6. The number of halogens is 2. The SMILES string of the molecule is C=CC(=O)N1CCN(c2ncc(-c3ccc(OC)c(Nc4ncc(C(=O)Nc5c(F)cccc5F)s4)n3)cc2N2CC(C)(O)C2)CC1. The maximum Gasteiger partial charge on any atom is 0.267 e. The summed E-state index contributed by atoms with van der Waals surface area (Å²) in [6.45, 7) is 8.52. The van der Waals surface area contributed by atoms with Gasteiger partial charge in [0.05, 0.1) is 30.3 Å². The number of pyridine rings is 2. The molecule has 2 fully saturated rings. The van der Waals surface area contributed by atoms with Crippen LogP contribution in [0.4, 0.5) is 36.9 Å². The van der Waals surface area contributed by atoms with Crippen molar-refractivity contribution in [2.45, 2.75) is 12.5 Å². The molecule has 2 amide bonds. The van der Waals surface area contributed by atoms with Crippen LogP contribution in [0, 0.1) is 11.6 Å². The van der Waals surface area contributed by atoms with Crippen molar-refractivity contribution in [1.82, 2.24) is 19.9 Å². The summed E-state index contributed by atoms with van der Waals surface area (Å²) in [4.78, 5) is 44.7. The number of rotatable bonds is 9. The Hall–Kier alpha value is -5.15. The highest BCUT2D eigenvalue weighted by Gasteiger charge is 2.39. The van der Waals surface area contributed by atoms with Gasteiger partial charge in [-0.3, -0.25) is 9.59 Å². The number of methoxy groups -OCH3 is 1. The summed E-state index contributed by atoms with van der Waals surface area (Å²) in [6.07, 6.45) is 4.34. The number of para-hydroxylation sites is 1. The number of piperazine rings is 1. The summed E-state index contributed by atoms with van der Waals surface area (Å²) in [5, 5.41) is 16.1. The standard InChI is InChI=1S/C32H32F2N8O4S/c1-4-26(43)40-10-12-41(13-11-40)29-23(42-17-32(2,45)18-42)14-19(15-35-29)22-8-9-24(46-3)28(37-22)39-31-36-16-25(47-31)30(44)38-27-20(33)6-5-7-21(27)34/h4-9,14-16,45H,1,10-13,17-18H2,2-3H3,(H,38,44)(H,36,37,39). The summed E-state index contributed by atoms with van der Waals surface area (Å²) in [7, 11) is 1.50. The molecule has 2 saturated heterocycles. The molecule has 0 saturated carbocycles. The fourth-order valence-corrected chi connectivity index (χ4v) is 6.18. The van der Waals surface area contributed by atoms with E-state index in [0.29, 0.717) is 67.2 Å². The molecule has 4 aromatic rings. The number of β-amino-alcohol motifs (C(OH)–C–C–N with tert-alkyl or cyclic N) is 1. The van der Waals surface area contributed by atoms with Gasteiger partial charge in [-0.05, 0) is 43.3 Å². The van der Waals surface area contributed by atoms with Crippen molar-refractivity contribution in [3.8, 4) is 17.0 Å². The quantitative estimate of drug-likeness (QED) is 0.223. The third-order valence-corrected chi connectivity index (χ3v) is 8.76. The first-order valence-electron chi connectivity index (χ1n) is 14.7. The van der Waals surface area contributed by atoms with Gasteiger partial charge in [0.1, 0.15) is 22.2 Å². The van der Waals surface area contributed by atoms with Crippen LogP contribution in [0.25, 0.3) is 11.3 Å². The first-order chi connectivity index (χ1) is 22.5. The van der Waals surface area contributed by atoms with E-state index < -0.39 is 28.8 Å². The van der Waals surface area contributed by atoms with Crippen LogP contribution in [-0.4, -0.2) is 88.8 Å². The monoisotopic (exact) mass is 662 g/mol. The van der Waals surface area contributed by atoms with Gasteiger partial charge in [0.15, 0.2) is 22.5 Å². The lowest BCUT2D eigenvalue weighted by atomic mass is 9.95. The molecule has 47 heavy (non-hydrogen) atoms. The lowest BCUT2D eigenvalue weighted by Gasteiger charge is -2.47. The Morgan fingerprint density at radius 1 is 1.06 bits per heavy atom. The number of carbonyl (C=O) groups is 2. The first-order valence-corrected chi connectivity index (χ1v) is 15.5. The number of carbonyl (C=O) groups excluding carboxylic acids is 2. The van der Waals surface area contributed by atoms with E-state index >= 15 is 0 Å². The van der Waals surface area contributed by atoms with E-state index in [-0.39, 0.29) is 10.8 Å². The van der Waals surface area contributed by atoms with E-state index in [9.17, 15) is 23.5 Å². The van der Waals surface area contributed by atoms with Crippen LogP contribution >= 0.6 is 11.3 Å². The zero-order valence-electron chi connectivity index (χ0n) is 25.7. The summed E-state index contributed by atoms with van der Waals surface area (Å²) in [5.41, 5.74) is 0.776. The van der Waals surface area contributed by atoms with Crippen LogP contribution in [0.3, 0.4) is 0 Å². The topological polar surface area (TPSA) is 136 Å². The Labute approximate surface area is 273 Å². The second-order valence-corrected chi connectivity index (χ2v) is 12.4. The van der Waals surface area contributed by atoms with Crippen LogP contribution in [0.2, 0.25) is 0 Å². The van der Waals surface area contributed by atoms with Crippen molar-refractivity contribution in [1.29, 1.82) is 0 Å². The van der Waals surface area contributed by atoms with Crippen molar-refractivity contribution in [3.05, 3.63) is 78.0 Å². The lowest BCUT2D eigenvalue weighted by molar-refractivity contribution is -0.126. The Morgan fingerprint density at radius 3 is 2.45 bits per heavy atom. The van der Waals surface area contributed by atoms with E-state index in [1.807, 2.05) is 6.07 Å². The summed E-state index contributed by atoms with van der Waals surface area (Å²) >= 11 is 0.972. The van der Waals surface area contributed by atoms with Crippen LogP contribution in [0.1, 0.15) is 16.6 Å². The van der Waals surface area contributed by atoms with Gasteiger partial charge in [-0.25, -0.2) is 23.7 Å². The summed E-state index contributed by atoms with van der Waals surface area (Å²) < 4.78 is 33.6. The Balaban J connectivity index is 1.24. The fraction of sp³-hybridized carbons (Fsp3) is 0.281. The number of anilines is 5. The Bertz CT molecular complexity index is 1820. The zero-order chi connectivity index (χ0) is 33.3. The van der Waals surface area contributed by atoms with Gasteiger partial charge in [0, 0.05) is 51.0 Å². The number of aliphatic hydroxyl groups is 1. The minimum atomic E-state index is -0.889. The molecule has 12 nitrogen and oxygen atoms in total. The highest BCUT2D eigenvalue weighted by atomic mass is 32.1. The van der Waals surface area contributed by atoms with E-state index in [4.69, 9.17) is 14.7 Å². The molecule has 0 unspecified atom stereocenters. The maximum absolute atomic E-state index is 14.0. The largest absolute Gasteiger partial charge is 0.493 e. The molecule has 5 heterocycles. The van der Waals surface area contributed by atoms with Crippen molar-refractivity contribution >= 4 is 51.3 Å². The molecule has 0 radical (unpaired) electrons. The third-order valence-electron chi connectivity index (χ3n) is 7.85. The molecule has 3 aromatic heterocycles. The highest BCUT2D eigenvalue weighted by molar-refractivity contribution is 7.17. The molecule has 2 aliphatic rings. The van der Waals surface area contributed by atoms with E-state index in [1.165, 1.54) is 25.4 Å². The number of aromatic nitrogens is 3. The van der Waals surface area contributed by atoms with Crippen molar-refractivity contribution in [2.24, 2.45) is 0 Å². The van der Waals surface area contributed by atoms with E-state index in [0.717, 1.165) is 35.0 Å². The normalized spacial score (nSPS) is 15.6. The second kappa shape index (κ2) is 12.9. The van der Waals surface area contributed by atoms with Gasteiger partial charge in [-0.1, -0.05) is 24.0 Å². The van der Waals surface area contributed by atoms with Gasteiger partial charge in [-0.2, -0.15) is 0 Å². The maximum atomic E-state index is 14.0. The number of amides is 2. The molecule has 2 aliphatic heterocycles. The molecule has 0 aliphatic carbocycles. The second-order valence-electron chi connectivity index (χ2n) is 11.4. The van der Waals surface area contributed by atoms with Gasteiger partial charge < -0.3 is 35.2 Å². The molecular weight excluding hydrogens is 630 g/mol. The van der Waals surface area contributed by atoms with Crippen LogP contribution in [-0.2, 0) is 4.79 Å². The highest BCUT2D eigenvalue weighted by Crippen LogP contribution is 2.38. The van der Waals surface area contributed by atoms with E-state index in [1.54, 1.807) is 30.2 Å². The van der Waals surface area contributed by atoms with Crippen LogP contribution in [0.5, 0.6) is 5.75 Å². The Morgan fingerprint density at radius 2 is 1.79 bits per heavy atom. The van der Waals surface area contributed by atoms with Gasteiger partial charge >= 0.3 is 0 Å². The van der Waals surface area contributed by atoms with Gasteiger partial charge in [-0.15, -0.1) is 0 Å². The van der Waals surface area contributed by atoms with E-state index in [2.05, 4.69) is 32.0 Å². The number of hydrogen-bond acceptors (Lipinski definition) is 11. The number of ether oxygens (including phenoxy) is 1. The molecule has 244 valence electrons. The predicted octanol–water partition coefficient (Wildman–Crippen LogP) is 4.29. The zero-order valence-corrected chi connectivity index (χ0v) is 26.5. The molecule has 1 aromatic carbocycles. The minimum Gasteiger partial charge on any atom is -0.493 e. The number of nitrogens with one attached hydrogen (secondary N) is 2. The lowest BCUT2D eigenvalue weighted by Crippen LogP contribution is -2.60. The smallest absolute Gasteiger partial charge is 0.267 e. The van der Waals surface area contributed by atoms with Crippen LogP contribution < -0.4 is 25.2 Å². The van der Waals surface area contributed by atoms with Gasteiger partial charge in [0.25, 0.3) is 5.91 Å². The van der Waals surface area contributed by atoms with Gasteiger partial charge in [0.2, 0.25) is 5.91 Å². The molecular formula is C32H32F2N8O4S.